The van der Waals surface area contributed by atoms with Gasteiger partial charge in [-0.1, -0.05) is 18.6 Å². The van der Waals surface area contributed by atoms with E-state index < -0.39 is 10.0 Å². The minimum Gasteiger partial charge on any atom is -0.357 e. The summed E-state index contributed by atoms with van der Waals surface area (Å²) in [5.74, 6) is 1.09. The molecule has 31 heavy (non-hydrogen) atoms. The fourth-order valence-corrected chi connectivity index (χ4v) is 4.22. The van der Waals surface area contributed by atoms with Crippen LogP contribution in [0.3, 0.4) is 0 Å². The van der Waals surface area contributed by atoms with Gasteiger partial charge < -0.3 is 10.6 Å². The highest BCUT2D eigenvalue weighted by Crippen LogP contribution is 2.25. The molecule has 1 saturated carbocycles. The molecule has 1 aliphatic rings. The lowest BCUT2D eigenvalue weighted by atomic mass is 9.86. The Morgan fingerprint density at radius 3 is 2.77 bits per heavy atom. The Morgan fingerprint density at radius 2 is 2.13 bits per heavy atom. The summed E-state index contributed by atoms with van der Waals surface area (Å²) in [4.78, 5) is 4.46. The lowest BCUT2D eigenvalue weighted by Gasteiger charge is -2.25. The maximum atomic E-state index is 12.2. The van der Waals surface area contributed by atoms with Crippen molar-refractivity contribution in [2.75, 3.05) is 25.4 Å². The first-order valence-corrected chi connectivity index (χ1v) is 12.2. The maximum Gasteiger partial charge on any atom is 0.213 e. The van der Waals surface area contributed by atoms with Crippen LogP contribution in [0, 0.1) is 5.92 Å². The van der Waals surface area contributed by atoms with Crippen LogP contribution >= 0.6 is 24.0 Å². The topological polar surface area (TPSA) is 100 Å². The summed E-state index contributed by atoms with van der Waals surface area (Å²) < 4.78 is 28.9. The Hall–Kier alpha value is -1.66. The molecule has 3 N–H and O–H groups in total. The Kier molecular flexibility index (Phi) is 10.2. The number of sulfonamides is 1. The minimum absolute atomic E-state index is 0. The van der Waals surface area contributed by atoms with Gasteiger partial charge in [0.1, 0.15) is 0 Å². The van der Waals surface area contributed by atoms with Gasteiger partial charge in [0.2, 0.25) is 10.0 Å². The van der Waals surface area contributed by atoms with E-state index >= 15 is 0 Å². The second-order valence-corrected chi connectivity index (χ2v) is 9.56. The van der Waals surface area contributed by atoms with Crippen molar-refractivity contribution in [1.29, 1.82) is 0 Å². The maximum absolute atomic E-state index is 12.2. The van der Waals surface area contributed by atoms with E-state index in [0.29, 0.717) is 25.0 Å². The van der Waals surface area contributed by atoms with Gasteiger partial charge in [-0.25, -0.2) is 17.8 Å². The number of benzene rings is 1. The van der Waals surface area contributed by atoms with Crippen molar-refractivity contribution in [2.24, 2.45) is 10.9 Å². The molecule has 0 spiro atoms. The molecule has 0 saturated heterocycles. The average molecular weight is 561 g/mol. The third-order valence-electron chi connectivity index (χ3n) is 5.28. The van der Waals surface area contributed by atoms with Gasteiger partial charge in [-0.3, -0.25) is 4.99 Å². The molecule has 0 amide bonds. The van der Waals surface area contributed by atoms with Crippen molar-refractivity contribution < 1.29 is 8.42 Å². The minimum atomic E-state index is -3.30. The molecule has 1 unspecified atom stereocenters. The van der Waals surface area contributed by atoms with Gasteiger partial charge in [-0.05, 0) is 56.4 Å². The average Bonchev–Trinajstić information content (AvgIpc) is 3.21. The Morgan fingerprint density at radius 1 is 1.32 bits per heavy atom. The SMILES string of the molecule is CCNC(=NCCS(=O)(=O)NCC1CCC1)NC(C)c1cccc(-n2cccn2)c1.I. The van der Waals surface area contributed by atoms with Crippen LogP contribution in [0.2, 0.25) is 0 Å². The molecule has 1 aromatic carbocycles. The lowest BCUT2D eigenvalue weighted by Crippen LogP contribution is -2.39. The summed E-state index contributed by atoms with van der Waals surface area (Å²) >= 11 is 0. The van der Waals surface area contributed by atoms with E-state index in [1.165, 1.54) is 6.42 Å². The number of hydrogen-bond acceptors (Lipinski definition) is 4. The predicted octanol–water partition coefficient (Wildman–Crippen LogP) is 2.83. The zero-order valence-corrected chi connectivity index (χ0v) is 21.3. The van der Waals surface area contributed by atoms with Crippen LogP contribution in [0.15, 0.2) is 47.7 Å². The van der Waals surface area contributed by atoms with Gasteiger partial charge in [0, 0.05) is 25.5 Å². The molecule has 172 valence electrons. The van der Waals surface area contributed by atoms with Crippen LogP contribution in [0.5, 0.6) is 0 Å². The lowest BCUT2D eigenvalue weighted by molar-refractivity contribution is 0.316. The molecular weight excluding hydrogens is 527 g/mol. The van der Waals surface area contributed by atoms with Crippen LogP contribution in [0.4, 0.5) is 0 Å². The fraction of sp³-hybridized carbons (Fsp3) is 0.524. The van der Waals surface area contributed by atoms with Crippen molar-refractivity contribution in [3.63, 3.8) is 0 Å². The summed E-state index contributed by atoms with van der Waals surface area (Å²) in [6.07, 6.45) is 7.10. The van der Waals surface area contributed by atoms with Gasteiger partial charge in [0.05, 0.1) is 24.0 Å². The Bertz CT molecular complexity index is 929. The summed E-state index contributed by atoms with van der Waals surface area (Å²) in [7, 11) is -3.30. The van der Waals surface area contributed by atoms with E-state index in [4.69, 9.17) is 0 Å². The molecule has 0 bridgehead atoms. The number of rotatable bonds is 10. The van der Waals surface area contributed by atoms with Gasteiger partial charge in [0.25, 0.3) is 0 Å². The van der Waals surface area contributed by atoms with E-state index in [1.807, 2.05) is 49.0 Å². The predicted molar refractivity (Wildman–Crippen MR) is 136 cm³/mol. The number of hydrogen-bond donors (Lipinski definition) is 3. The van der Waals surface area contributed by atoms with Crippen LogP contribution in [-0.2, 0) is 10.0 Å². The molecule has 0 radical (unpaired) electrons. The summed E-state index contributed by atoms with van der Waals surface area (Å²) in [6, 6.07) is 10.00. The molecule has 1 aliphatic carbocycles. The smallest absolute Gasteiger partial charge is 0.213 e. The monoisotopic (exact) mass is 560 g/mol. The highest BCUT2D eigenvalue weighted by Gasteiger charge is 2.20. The fourth-order valence-electron chi connectivity index (χ4n) is 3.26. The standard InChI is InChI=1S/C21H32N6O2S.HI/c1-3-22-21(23-12-14-30(28,29)25-16-18-7-4-8-18)26-17(2)19-9-5-10-20(15-19)27-13-6-11-24-27;/h5-6,9-11,13,15,17-18,25H,3-4,7-8,12,14,16H2,1-2H3,(H2,22,23,26);1H. The first-order valence-electron chi connectivity index (χ1n) is 10.6. The van der Waals surface area contributed by atoms with Crippen molar-refractivity contribution >= 4 is 40.0 Å². The Balaban J connectivity index is 0.00000341. The van der Waals surface area contributed by atoms with Gasteiger partial charge >= 0.3 is 0 Å². The van der Waals surface area contributed by atoms with E-state index in [2.05, 4.69) is 31.5 Å². The van der Waals surface area contributed by atoms with Gasteiger partial charge in [0.15, 0.2) is 5.96 Å². The summed E-state index contributed by atoms with van der Waals surface area (Å²) in [5, 5.41) is 10.8. The highest BCUT2D eigenvalue weighted by molar-refractivity contribution is 14.0. The second-order valence-electron chi connectivity index (χ2n) is 7.64. The van der Waals surface area contributed by atoms with Crippen LogP contribution < -0.4 is 15.4 Å². The van der Waals surface area contributed by atoms with E-state index in [-0.39, 0.29) is 42.3 Å². The van der Waals surface area contributed by atoms with Crippen LogP contribution in [0.25, 0.3) is 5.69 Å². The largest absolute Gasteiger partial charge is 0.357 e. The molecular formula is C21H33IN6O2S. The number of halogens is 1. The first-order chi connectivity index (χ1) is 14.5. The molecule has 1 aromatic heterocycles. The van der Waals surface area contributed by atoms with Crippen LogP contribution in [0.1, 0.15) is 44.7 Å². The van der Waals surface area contributed by atoms with Crippen molar-refractivity contribution in [1.82, 2.24) is 25.1 Å². The third kappa shape index (κ3) is 8.08. The molecule has 1 heterocycles. The Labute approximate surface area is 202 Å². The second kappa shape index (κ2) is 12.4. The first kappa shape index (κ1) is 25.6. The van der Waals surface area contributed by atoms with Crippen molar-refractivity contribution in [3.05, 3.63) is 48.3 Å². The van der Waals surface area contributed by atoms with E-state index in [1.54, 1.807) is 6.20 Å². The molecule has 1 fully saturated rings. The quantitative estimate of drug-likeness (QED) is 0.236. The molecule has 1 atom stereocenters. The molecule has 3 rings (SSSR count). The number of aliphatic imine (C=N–C) groups is 1. The summed E-state index contributed by atoms with van der Waals surface area (Å²) in [5.41, 5.74) is 2.07. The third-order valence-corrected chi connectivity index (χ3v) is 6.61. The molecule has 0 aliphatic heterocycles. The number of guanidine groups is 1. The van der Waals surface area contributed by atoms with Crippen molar-refractivity contribution in [3.8, 4) is 5.69 Å². The van der Waals surface area contributed by atoms with E-state index in [9.17, 15) is 8.42 Å². The zero-order valence-electron chi connectivity index (χ0n) is 18.1. The number of nitrogens with zero attached hydrogens (tertiary/aromatic N) is 3. The van der Waals surface area contributed by atoms with Crippen LogP contribution in [-0.4, -0.2) is 49.5 Å². The molecule has 8 nitrogen and oxygen atoms in total. The number of nitrogens with one attached hydrogen (secondary N) is 3. The van der Waals surface area contributed by atoms with E-state index in [0.717, 1.165) is 24.1 Å². The van der Waals surface area contributed by atoms with Crippen molar-refractivity contribution in [2.45, 2.75) is 39.2 Å². The van der Waals surface area contributed by atoms with Gasteiger partial charge in [-0.2, -0.15) is 5.10 Å². The van der Waals surface area contributed by atoms with Gasteiger partial charge in [-0.15, -0.1) is 24.0 Å². The number of aromatic nitrogens is 2. The molecule has 2 aromatic rings. The summed E-state index contributed by atoms with van der Waals surface area (Å²) in [6.45, 7) is 5.48. The normalized spacial score (nSPS) is 15.6. The zero-order chi connectivity index (χ0) is 21.4. The highest BCUT2D eigenvalue weighted by atomic mass is 127. The molecule has 10 heteroatoms.